The number of aliphatic carboxylic acids is 2. The Morgan fingerprint density at radius 3 is 2.11 bits per heavy atom. The molecule has 0 spiro atoms. The molecule has 1 aromatic rings. The zero-order chi connectivity index (χ0) is 13.3. The zero-order valence-corrected chi connectivity index (χ0v) is 9.47. The summed E-state index contributed by atoms with van der Waals surface area (Å²) in [6, 6.07) is 5.82. The van der Waals surface area contributed by atoms with E-state index in [-0.39, 0.29) is 18.9 Å². The van der Waals surface area contributed by atoms with Gasteiger partial charge in [0.15, 0.2) is 5.41 Å². The summed E-state index contributed by atoms with van der Waals surface area (Å²) >= 11 is 0. The van der Waals surface area contributed by atoms with E-state index in [0.717, 1.165) is 5.56 Å². The van der Waals surface area contributed by atoms with E-state index in [0.29, 0.717) is 6.54 Å². The molecule has 0 unspecified atom stereocenters. The number of hydrogen-bond donors (Lipinski definition) is 2. The first-order valence-corrected chi connectivity index (χ1v) is 5.38. The van der Waals surface area contributed by atoms with Crippen LogP contribution in [0, 0.1) is 11.2 Å². The minimum Gasteiger partial charge on any atom is -0.480 e. The first-order chi connectivity index (χ1) is 8.44. The van der Waals surface area contributed by atoms with Gasteiger partial charge < -0.3 is 10.2 Å². The Bertz CT molecular complexity index is 463. The van der Waals surface area contributed by atoms with Gasteiger partial charge in [0.05, 0.1) is 0 Å². The molecule has 0 bridgehead atoms. The van der Waals surface area contributed by atoms with Crippen LogP contribution in [0.1, 0.15) is 5.56 Å². The lowest BCUT2D eigenvalue weighted by atomic mass is 9.79. The van der Waals surface area contributed by atoms with Gasteiger partial charge in [0.1, 0.15) is 5.82 Å². The molecule has 0 aliphatic carbocycles. The highest BCUT2D eigenvalue weighted by Gasteiger charge is 2.56. The van der Waals surface area contributed by atoms with Gasteiger partial charge in [-0.15, -0.1) is 0 Å². The molecule has 0 radical (unpaired) electrons. The van der Waals surface area contributed by atoms with E-state index < -0.39 is 17.4 Å². The number of carboxylic acids is 2. The lowest BCUT2D eigenvalue weighted by molar-refractivity contribution is -0.178. The Morgan fingerprint density at radius 1 is 1.17 bits per heavy atom. The van der Waals surface area contributed by atoms with Crippen molar-refractivity contribution in [2.24, 2.45) is 5.41 Å². The van der Waals surface area contributed by atoms with Crippen LogP contribution in [-0.4, -0.2) is 40.1 Å². The van der Waals surface area contributed by atoms with Gasteiger partial charge in [0.2, 0.25) is 0 Å². The molecule has 2 N–H and O–H groups in total. The van der Waals surface area contributed by atoms with Gasteiger partial charge in [0, 0.05) is 19.6 Å². The van der Waals surface area contributed by atoms with Gasteiger partial charge in [-0.3, -0.25) is 14.5 Å². The Labute approximate surface area is 102 Å². The predicted molar refractivity (Wildman–Crippen MR) is 59.4 cm³/mol. The lowest BCUT2D eigenvalue weighted by Crippen LogP contribution is -2.63. The molecule has 1 aromatic carbocycles. The number of carbonyl (C=O) groups is 2. The van der Waals surface area contributed by atoms with E-state index in [1.165, 1.54) is 12.1 Å². The minimum absolute atomic E-state index is 0.0327. The van der Waals surface area contributed by atoms with Gasteiger partial charge in [0.25, 0.3) is 0 Å². The number of benzene rings is 1. The summed E-state index contributed by atoms with van der Waals surface area (Å²) in [6.07, 6.45) is 0. The van der Waals surface area contributed by atoms with Gasteiger partial charge in [-0.2, -0.15) is 0 Å². The smallest absolute Gasteiger partial charge is 0.323 e. The average Bonchev–Trinajstić information content (AvgIpc) is 2.24. The third-order valence-electron chi connectivity index (χ3n) is 3.13. The second-order valence-corrected chi connectivity index (χ2v) is 4.46. The topological polar surface area (TPSA) is 77.8 Å². The monoisotopic (exact) mass is 253 g/mol. The van der Waals surface area contributed by atoms with Crippen LogP contribution in [0.2, 0.25) is 0 Å². The van der Waals surface area contributed by atoms with Crippen LogP contribution in [0.5, 0.6) is 0 Å². The van der Waals surface area contributed by atoms with Crippen LogP contribution in [-0.2, 0) is 16.1 Å². The molecule has 0 atom stereocenters. The van der Waals surface area contributed by atoms with E-state index in [1.54, 1.807) is 17.0 Å². The average molecular weight is 253 g/mol. The molecule has 0 saturated carbocycles. The van der Waals surface area contributed by atoms with Crippen molar-refractivity contribution in [3.63, 3.8) is 0 Å². The number of carboxylic acid groups (broad SMARTS) is 2. The Balaban J connectivity index is 1.98. The van der Waals surface area contributed by atoms with Crippen LogP contribution in [0.3, 0.4) is 0 Å². The molecular weight excluding hydrogens is 241 g/mol. The summed E-state index contributed by atoms with van der Waals surface area (Å²) in [5, 5.41) is 17.8. The normalized spacial score (nSPS) is 18.1. The van der Waals surface area contributed by atoms with E-state index in [1.807, 2.05) is 0 Å². The summed E-state index contributed by atoms with van der Waals surface area (Å²) in [5.74, 6) is -2.97. The van der Waals surface area contributed by atoms with Crippen molar-refractivity contribution in [2.75, 3.05) is 13.1 Å². The van der Waals surface area contributed by atoms with Crippen molar-refractivity contribution < 1.29 is 24.2 Å². The third kappa shape index (κ3) is 2.06. The number of likely N-dealkylation sites (tertiary alicyclic amines) is 1. The first-order valence-electron chi connectivity index (χ1n) is 5.38. The molecule has 0 amide bonds. The lowest BCUT2D eigenvalue weighted by Gasteiger charge is -2.44. The Hall–Kier alpha value is -1.95. The molecular formula is C12H12FNO4. The highest BCUT2D eigenvalue weighted by atomic mass is 19.1. The number of rotatable bonds is 4. The van der Waals surface area contributed by atoms with Crippen LogP contribution in [0.4, 0.5) is 4.39 Å². The van der Waals surface area contributed by atoms with E-state index in [9.17, 15) is 14.0 Å². The van der Waals surface area contributed by atoms with Crippen LogP contribution in [0.15, 0.2) is 24.3 Å². The van der Waals surface area contributed by atoms with Crippen molar-refractivity contribution in [1.29, 1.82) is 0 Å². The van der Waals surface area contributed by atoms with Crippen molar-refractivity contribution >= 4 is 11.9 Å². The standard InChI is InChI=1S/C12H12FNO4/c13-9-3-1-8(2-4-9)5-14-6-12(7-14,10(15)16)11(17)18/h1-4H,5-7H2,(H,15,16)(H,17,18). The van der Waals surface area contributed by atoms with Crippen molar-refractivity contribution in [2.45, 2.75) is 6.54 Å². The maximum Gasteiger partial charge on any atom is 0.323 e. The van der Waals surface area contributed by atoms with Gasteiger partial charge in [-0.25, -0.2) is 4.39 Å². The fourth-order valence-corrected chi connectivity index (χ4v) is 2.04. The molecule has 1 aliphatic heterocycles. The molecule has 5 nitrogen and oxygen atoms in total. The quantitative estimate of drug-likeness (QED) is 0.776. The summed E-state index contributed by atoms with van der Waals surface area (Å²) in [7, 11) is 0. The van der Waals surface area contributed by atoms with Gasteiger partial charge >= 0.3 is 11.9 Å². The number of halogens is 1. The molecule has 1 heterocycles. The van der Waals surface area contributed by atoms with Crippen molar-refractivity contribution in [3.8, 4) is 0 Å². The molecule has 1 aliphatic rings. The highest BCUT2D eigenvalue weighted by Crippen LogP contribution is 2.32. The number of hydrogen-bond acceptors (Lipinski definition) is 3. The van der Waals surface area contributed by atoms with Gasteiger partial charge in [-0.05, 0) is 17.7 Å². The molecule has 96 valence electrons. The molecule has 1 saturated heterocycles. The fraction of sp³-hybridized carbons (Fsp3) is 0.333. The van der Waals surface area contributed by atoms with E-state index in [2.05, 4.69) is 0 Å². The van der Waals surface area contributed by atoms with Crippen molar-refractivity contribution in [3.05, 3.63) is 35.6 Å². The minimum atomic E-state index is -1.69. The van der Waals surface area contributed by atoms with Crippen LogP contribution < -0.4 is 0 Å². The maximum atomic E-state index is 12.7. The SMILES string of the molecule is O=C(O)C1(C(=O)O)CN(Cc2ccc(F)cc2)C1. The predicted octanol–water partition coefficient (Wildman–Crippen LogP) is 0.797. The van der Waals surface area contributed by atoms with Crippen molar-refractivity contribution in [1.82, 2.24) is 4.90 Å². The molecule has 6 heteroatoms. The molecule has 2 rings (SSSR count). The second kappa shape index (κ2) is 4.38. The molecule has 1 fully saturated rings. The zero-order valence-electron chi connectivity index (χ0n) is 9.47. The Kier molecular flexibility index (Phi) is 3.04. The molecule has 18 heavy (non-hydrogen) atoms. The molecule has 0 aromatic heterocycles. The summed E-state index contributed by atoms with van der Waals surface area (Å²) in [4.78, 5) is 23.6. The van der Waals surface area contributed by atoms with Crippen LogP contribution >= 0.6 is 0 Å². The fourth-order valence-electron chi connectivity index (χ4n) is 2.04. The second-order valence-electron chi connectivity index (χ2n) is 4.46. The summed E-state index contributed by atoms with van der Waals surface area (Å²) < 4.78 is 12.7. The summed E-state index contributed by atoms with van der Waals surface area (Å²) in [6.45, 7) is 0.354. The highest BCUT2D eigenvalue weighted by molar-refractivity contribution is 6.00. The Morgan fingerprint density at radius 2 is 1.67 bits per heavy atom. The van der Waals surface area contributed by atoms with Crippen LogP contribution in [0.25, 0.3) is 0 Å². The number of nitrogens with zero attached hydrogens (tertiary/aromatic N) is 1. The van der Waals surface area contributed by atoms with E-state index in [4.69, 9.17) is 10.2 Å². The van der Waals surface area contributed by atoms with E-state index >= 15 is 0 Å². The largest absolute Gasteiger partial charge is 0.480 e. The third-order valence-corrected chi connectivity index (χ3v) is 3.13. The van der Waals surface area contributed by atoms with Gasteiger partial charge in [-0.1, -0.05) is 12.1 Å². The maximum absolute atomic E-state index is 12.7. The summed E-state index contributed by atoms with van der Waals surface area (Å²) in [5.41, 5.74) is -0.874. The first kappa shape index (κ1) is 12.5.